The first-order valence-electron chi connectivity index (χ1n) is 8.98. The second-order valence-corrected chi connectivity index (χ2v) is 6.53. The van der Waals surface area contributed by atoms with Crippen LogP contribution < -0.4 is 5.32 Å². The monoisotopic (exact) mass is 389 g/mol. The predicted octanol–water partition coefficient (Wildman–Crippen LogP) is 1.06. The minimum absolute atomic E-state index is 0.155. The summed E-state index contributed by atoms with van der Waals surface area (Å²) in [5.74, 6) is 0.159. The van der Waals surface area contributed by atoms with E-state index in [2.05, 4.69) is 18.5 Å². The van der Waals surface area contributed by atoms with E-state index in [1.807, 2.05) is 0 Å². The lowest BCUT2D eigenvalue weighted by Crippen LogP contribution is -2.49. The molecule has 4 N–H and O–H groups in total. The van der Waals surface area contributed by atoms with Gasteiger partial charge in [0.15, 0.2) is 0 Å². The fraction of sp³-hybridized carbons (Fsp3) is 0.381. The summed E-state index contributed by atoms with van der Waals surface area (Å²) in [4.78, 5) is 11.6. The number of aliphatic hydroxyl groups excluding tert-OH is 3. The molecule has 1 aromatic carbocycles. The van der Waals surface area contributed by atoms with Crippen molar-refractivity contribution in [2.45, 2.75) is 37.4 Å². The highest BCUT2D eigenvalue weighted by Gasteiger charge is 2.37. The Morgan fingerprint density at radius 3 is 2.61 bits per heavy atom. The summed E-state index contributed by atoms with van der Waals surface area (Å²) in [5.41, 5.74) is 1.90. The second kappa shape index (κ2) is 10.2. The maximum atomic E-state index is 11.6. The number of carbonyl (C=O) groups excluding carboxylic acids is 1. The van der Waals surface area contributed by atoms with Crippen molar-refractivity contribution < 1.29 is 29.6 Å². The van der Waals surface area contributed by atoms with Crippen molar-refractivity contribution in [3.63, 3.8) is 0 Å². The summed E-state index contributed by atoms with van der Waals surface area (Å²) in [6, 6.07) is 6.97. The highest BCUT2D eigenvalue weighted by Crippen LogP contribution is 2.26. The van der Waals surface area contributed by atoms with Crippen molar-refractivity contribution in [2.75, 3.05) is 13.7 Å². The molecule has 0 aliphatic carbocycles. The summed E-state index contributed by atoms with van der Waals surface area (Å²) >= 11 is 0. The van der Waals surface area contributed by atoms with Crippen LogP contribution in [0.1, 0.15) is 22.3 Å². The van der Waals surface area contributed by atoms with Crippen LogP contribution in [-0.2, 0) is 16.1 Å². The molecule has 1 aliphatic rings. The Hall–Kier alpha value is -2.45. The van der Waals surface area contributed by atoms with Crippen molar-refractivity contribution in [3.8, 4) is 0 Å². The summed E-state index contributed by atoms with van der Waals surface area (Å²) < 4.78 is 11.3. The zero-order valence-electron chi connectivity index (χ0n) is 15.9. The van der Waals surface area contributed by atoms with Gasteiger partial charge in [0.2, 0.25) is 0 Å². The summed E-state index contributed by atoms with van der Waals surface area (Å²) in [7, 11) is 1.57. The smallest absolute Gasteiger partial charge is 0.251 e. The molecular weight excluding hydrogens is 362 g/mol. The third kappa shape index (κ3) is 5.53. The maximum Gasteiger partial charge on any atom is 0.251 e. The Bertz CT molecular complexity index is 727. The second-order valence-electron chi connectivity index (χ2n) is 6.53. The number of hydrogen-bond donors (Lipinski definition) is 4. The number of rotatable bonds is 8. The van der Waals surface area contributed by atoms with E-state index in [0.717, 1.165) is 5.56 Å². The number of ether oxygens (including phenoxy) is 2. The molecule has 1 aromatic rings. The summed E-state index contributed by atoms with van der Waals surface area (Å²) in [6.45, 7) is 7.53. The fourth-order valence-corrected chi connectivity index (χ4v) is 2.90. The molecule has 1 aliphatic heterocycles. The lowest BCUT2D eigenvalue weighted by molar-refractivity contribution is -0.162. The van der Waals surface area contributed by atoms with Gasteiger partial charge in [-0.25, -0.2) is 0 Å². The third-order valence-electron chi connectivity index (χ3n) is 4.51. The molecule has 1 heterocycles. The fourth-order valence-electron chi connectivity index (χ4n) is 2.90. The highest BCUT2D eigenvalue weighted by molar-refractivity contribution is 5.93. The largest absolute Gasteiger partial charge is 0.490 e. The van der Waals surface area contributed by atoms with E-state index in [1.54, 1.807) is 37.4 Å². The summed E-state index contributed by atoms with van der Waals surface area (Å²) in [5, 5.41) is 32.0. The van der Waals surface area contributed by atoms with Crippen molar-refractivity contribution in [1.82, 2.24) is 5.32 Å². The molecule has 2 rings (SSSR count). The van der Waals surface area contributed by atoms with E-state index in [1.165, 1.54) is 6.08 Å². The van der Waals surface area contributed by atoms with E-state index < -0.39 is 24.4 Å². The van der Waals surface area contributed by atoms with Crippen LogP contribution in [-0.4, -0.2) is 59.3 Å². The van der Waals surface area contributed by atoms with Crippen LogP contribution in [0.5, 0.6) is 0 Å². The maximum absolute atomic E-state index is 11.6. The van der Waals surface area contributed by atoms with Crippen molar-refractivity contribution >= 4 is 5.91 Å². The molecule has 3 unspecified atom stereocenters. The van der Waals surface area contributed by atoms with Crippen LogP contribution in [0.25, 0.3) is 0 Å². The molecule has 7 nitrogen and oxygen atoms in total. The number of benzene rings is 1. The third-order valence-corrected chi connectivity index (χ3v) is 4.51. The standard InChI is InChI=1S/C21H27NO6/c1-4-15(20-19(25)18(24)10-17(11-23)28-20)9-13(2)27-12-14-5-7-16(8-6-14)21(26)22-3/h4-9,17-20,23-25H,1-2,10-12H2,3H3,(H,22,26)/b15-9+/t17?,18?,19?,20-/m1/s1. The van der Waals surface area contributed by atoms with Gasteiger partial charge in [-0.2, -0.15) is 0 Å². The van der Waals surface area contributed by atoms with Crippen molar-refractivity contribution in [3.05, 3.63) is 72.0 Å². The van der Waals surface area contributed by atoms with Gasteiger partial charge in [0.25, 0.3) is 5.91 Å². The number of aliphatic hydroxyl groups is 3. The molecule has 28 heavy (non-hydrogen) atoms. The molecule has 1 saturated heterocycles. The molecule has 0 radical (unpaired) electrons. The molecule has 152 valence electrons. The lowest BCUT2D eigenvalue weighted by Gasteiger charge is -2.37. The van der Waals surface area contributed by atoms with Gasteiger partial charge in [0, 0.05) is 19.0 Å². The zero-order chi connectivity index (χ0) is 20.7. The van der Waals surface area contributed by atoms with Crippen LogP contribution in [0, 0.1) is 0 Å². The number of carbonyl (C=O) groups is 1. The normalized spacial score (nSPS) is 25.1. The van der Waals surface area contributed by atoms with Crippen LogP contribution in [0.4, 0.5) is 0 Å². The van der Waals surface area contributed by atoms with Gasteiger partial charge in [0.05, 0.1) is 18.8 Å². The number of amides is 1. The topological polar surface area (TPSA) is 108 Å². The van der Waals surface area contributed by atoms with Gasteiger partial charge >= 0.3 is 0 Å². The molecule has 1 amide bonds. The van der Waals surface area contributed by atoms with Gasteiger partial charge in [0.1, 0.15) is 24.6 Å². The molecule has 0 saturated carbocycles. The van der Waals surface area contributed by atoms with Crippen molar-refractivity contribution in [2.24, 2.45) is 0 Å². The average Bonchev–Trinajstić information content (AvgIpc) is 2.72. The Kier molecular flexibility index (Phi) is 7.95. The first-order valence-corrected chi connectivity index (χ1v) is 8.98. The van der Waals surface area contributed by atoms with Gasteiger partial charge in [-0.1, -0.05) is 31.4 Å². The molecule has 1 fully saturated rings. The SMILES string of the molecule is C=C/C(=C\C(=C)OCc1ccc(C(=O)NC)cc1)[C@H]1OC(CO)CC(O)C1O. The molecule has 4 atom stereocenters. The van der Waals surface area contributed by atoms with Gasteiger partial charge in [-0.3, -0.25) is 4.79 Å². The Morgan fingerprint density at radius 2 is 2.04 bits per heavy atom. The van der Waals surface area contributed by atoms with Gasteiger partial charge < -0.3 is 30.1 Å². The van der Waals surface area contributed by atoms with Crippen molar-refractivity contribution in [1.29, 1.82) is 0 Å². The van der Waals surface area contributed by atoms with Gasteiger partial charge in [-0.05, 0) is 29.3 Å². The summed E-state index contributed by atoms with van der Waals surface area (Å²) in [6.07, 6.45) is -0.337. The molecule has 0 aromatic heterocycles. The number of nitrogens with one attached hydrogen (secondary N) is 1. The molecular formula is C21H27NO6. The van der Waals surface area contributed by atoms with E-state index in [9.17, 15) is 20.1 Å². The first kappa shape index (κ1) is 21.8. The minimum Gasteiger partial charge on any atom is -0.490 e. The Balaban J connectivity index is 2.01. The van der Waals surface area contributed by atoms with Crippen LogP contribution in [0.3, 0.4) is 0 Å². The van der Waals surface area contributed by atoms with Crippen LogP contribution in [0.15, 0.2) is 60.9 Å². The first-order chi connectivity index (χ1) is 13.4. The molecule has 0 spiro atoms. The molecule has 0 bridgehead atoms. The average molecular weight is 389 g/mol. The van der Waals surface area contributed by atoms with E-state index in [0.29, 0.717) is 16.9 Å². The number of hydrogen-bond acceptors (Lipinski definition) is 6. The lowest BCUT2D eigenvalue weighted by atomic mass is 9.93. The van der Waals surface area contributed by atoms with E-state index >= 15 is 0 Å². The Labute approximate surface area is 164 Å². The quantitative estimate of drug-likeness (QED) is 0.391. The van der Waals surface area contributed by atoms with E-state index in [4.69, 9.17) is 9.47 Å². The molecule has 7 heteroatoms. The van der Waals surface area contributed by atoms with Crippen LogP contribution >= 0.6 is 0 Å². The number of allylic oxidation sites excluding steroid dienone is 1. The van der Waals surface area contributed by atoms with Gasteiger partial charge in [-0.15, -0.1) is 0 Å². The minimum atomic E-state index is -1.14. The highest BCUT2D eigenvalue weighted by atomic mass is 16.5. The Morgan fingerprint density at radius 1 is 1.36 bits per heavy atom. The van der Waals surface area contributed by atoms with E-state index in [-0.39, 0.29) is 25.5 Å². The zero-order valence-corrected chi connectivity index (χ0v) is 15.9. The van der Waals surface area contributed by atoms with Crippen LogP contribution in [0.2, 0.25) is 0 Å². The predicted molar refractivity (Wildman–Crippen MR) is 104 cm³/mol.